The van der Waals surface area contributed by atoms with Gasteiger partial charge in [-0.1, -0.05) is 44.2 Å². The molecule has 0 aliphatic heterocycles. The lowest BCUT2D eigenvalue weighted by Crippen LogP contribution is -2.30. The monoisotopic (exact) mass is 414 g/mol. The topological polar surface area (TPSA) is 79.3 Å². The molecule has 3 aromatic rings. The SMILES string of the molecule is CC(C)[C@H](CO)Nc1nc(Nc2ccc(OC(F)F)cc2)cc(-c2ccccc2)n1. The number of ether oxygens (including phenoxy) is 1. The molecular weight excluding hydrogens is 390 g/mol. The highest BCUT2D eigenvalue weighted by Gasteiger charge is 2.15. The third kappa shape index (κ3) is 5.87. The summed E-state index contributed by atoms with van der Waals surface area (Å²) in [6.45, 7) is 1.08. The summed E-state index contributed by atoms with van der Waals surface area (Å²) in [7, 11) is 0. The molecule has 1 heterocycles. The van der Waals surface area contributed by atoms with E-state index < -0.39 is 6.61 Å². The maximum absolute atomic E-state index is 12.3. The van der Waals surface area contributed by atoms with Gasteiger partial charge < -0.3 is 20.5 Å². The van der Waals surface area contributed by atoms with Gasteiger partial charge in [0.2, 0.25) is 5.95 Å². The molecule has 0 saturated carbocycles. The van der Waals surface area contributed by atoms with Crippen LogP contribution in [0, 0.1) is 5.92 Å². The molecule has 0 saturated heterocycles. The number of hydrogen-bond acceptors (Lipinski definition) is 6. The molecule has 3 rings (SSSR count). The van der Waals surface area contributed by atoms with Gasteiger partial charge in [-0.05, 0) is 30.2 Å². The lowest BCUT2D eigenvalue weighted by molar-refractivity contribution is -0.0498. The Bertz CT molecular complexity index is 938. The molecule has 0 aliphatic rings. The second-order valence-corrected chi connectivity index (χ2v) is 7.03. The van der Waals surface area contributed by atoms with Crippen LogP contribution in [0.3, 0.4) is 0 Å². The van der Waals surface area contributed by atoms with E-state index in [1.54, 1.807) is 18.2 Å². The molecule has 1 aromatic heterocycles. The molecule has 0 amide bonds. The van der Waals surface area contributed by atoms with Gasteiger partial charge in [-0.25, -0.2) is 4.98 Å². The van der Waals surface area contributed by atoms with Crippen LogP contribution in [0.15, 0.2) is 60.7 Å². The van der Waals surface area contributed by atoms with Gasteiger partial charge in [0.15, 0.2) is 0 Å². The van der Waals surface area contributed by atoms with Gasteiger partial charge in [0, 0.05) is 17.3 Å². The number of aliphatic hydroxyl groups excluding tert-OH is 1. The molecule has 8 heteroatoms. The van der Waals surface area contributed by atoms with Gasteiger partial charge >= 0.3 is 6.61 Å². The zero-order chi connectivity index (χ0) is 21.5. The Labute approximate surface area is 174 Å². The van der Waals surface area contributed by atoms with E-state index in [1.165, 1.54) is 12.1 Å². The van der Waals surface area contributed by atoms with Gasteiger partial charge in [-0.15, -0.1) is 0 Å². The fourth-order valence-corrected chi connectivity index (χ4v) is 2.79. The third-order valence-corrected chi connectivity index (χ3v) is 4.46. The molecule has 6 nitrogen and oxygen atoms in total. The van der Waals surface area contributed by atoms with Gasteiger partial charge in [-0.3, -0.25) is 0 Å². The third-order valence-electron chi connectivity index (χ3n) is 4.46. The van der Waals surface area contributed by atoms with Gasteiger partial charge in [0.25, 0.3) is 0 Å². The van der Waals surface area contributed by atoms with Crippen molar-refractivity contribution in [1.82, 2.24) is 9.97 Å². The van der Waals surface area contributed by atoms with Gasteiger partial charge in [-0.2, -0.15) is 13.8 Å². The summed E-state index contributed by atoms with van der Waals surface area (Å²) in [5.41, 5.74) is 2.27. The van der Waals surface area contributed by atoms with Gasteiger partial charge in [0.05, 0.1) is 18.3 Å². The second-order valence-electron chi connectivity index (χ2n) is 7.03. The molecule has 158 valence electrons. The number of aromatic nitrogens is 2. The number of rotatable bonds is 9. The van der Waals surface area contributed by atoms with E-state index in [2.05, 4.69) is 25.3 Å². The standard InChI is InChI=1S/C22H24F2N4O2/c1-14(2)19(13-29)27-22-26-18(15-6-4-3-5-7-15)12-20(28-22)25-16-8-10-17(11-9-16)30-21(23)24/h3-12,14,19,21,29H,13H2,1-2H3,(H2,25,26,27,28)/t19-/m0/s1. The molecule has 2 aromatic carbocycles. The van der Waals surface area contributed by atoms with Crippen molar-refractivity contribution >= 4 is 17.5 Å². The van der Waals surface area contributed by atoms with Crippen LogP contribution in [0.4, 0.5) is 26.2 Å². The highest BCUT2D eigenvalue weighted by atomic mass is 19.3. The van der Waals surface area contributed by atoms with Crippen LogP contribution in [0.25, 0.3) is 11.3 Å². The maximum Gasteiger partial charge on any atom is 0.387 e. The van der Waals surface area contributed by atoms with Crippen LogP contribution >= 0.6 is 0 Å². The predicted molar refractivity (Wildman–Crippen MR) is 113 cm³/mol. The van der Waals surface area contributed by atoms with E-state index in [0.29, 0.717) is 23.1 Å². The summed E-state index contributed by atoms with van der Waals surface area (Å²) in [5.74, 6) is 1.16. The Kier molecular flexibility index (Phi) is 7.13. The fraction of sp³-hybridized carbons (Fsp3) is 0.273. The first kappa shape index (κ1) is 21.4. The fourth-order valence-electron chi connectivity index (χ4n) is 2.79. The minimum Gasteiger partial charge on any atom is -0.435 e. The van der Waals surface area contributed by atoms with Crippen LogP contribution in [0.5, 0.6) is 5.75 Å². The highest BCUT2D eigenvalue weighted by molar-refractivity contribution is 5.67. The lowest BCUT2D eigenvalue weighted by atomic mass is 10.1. The molecule has 0 radical (unpaired) electrons. The smallest absolute Gasteiger partial charge is 0.387 e. The van der Waals surface area contributed by atoms with Crippen LogP contribution in [-0.4, -0.2) is 34.3 Å². The molecule has 0 bridgehead atoms. The second kappa shape index (κ2) is 9.98. The highest BCUT2D eigenvalue weighted by Crippen LogP contribution is 2.25. The Hall–Kier alpha value is -3.26. The van der Waals surface area contributed by atoms with E-state index in [1.807, 2.05) is 44.2 Å². The molecule has 0 aliphatic carbocycles. The van der Waals surface area contributed by atoms with E-state index in [-0.39, 0.29) is 24.3 Å². The van der Waals surface area contributed by atoms with E-state index in [9.17, 15) is 13.9 Å². The molecule has 0 unspecified atom stereocenters. The first-order valence-corrected chi connectivity index (χ1v) is 9.58. The summed E-state index contributed by atoms with van der Waals surface area (Å²) < 4.78 is 29.0. The number of halogens is 2. The maximum atomic E-state index is 12.3. The lowest BCUT2D eigenvalue weighted by Gasteiger charge is -2.20. The Morgan fingerprint density at radius 3 is 2.30 bits per heavy atom. The Morgan fingerprint density at radius 2 is 1.70 bits per heavy atom. The van der Waals surface area contributed by atoms with Crippen molar-refractivity contribution in [2.45, 2.75) is 26.5 Å². The normalized spacial score (nSPS) is 12.1. The summed E-state index contributed by atoms with van der Waals surface area (Å²) in [5, 5.41) is 16.0. The Balaban J connectivity index is 1.89. The predicted octanol–water partition coefficient (Wildman–Crippen LogP) is 4.92. The zero-order valence-electron chi connectivity index (χ0n) is 16.7. The van der Waals surface area contributed by atoms with Crippen molar-refractivity contribution in [1.29, 1.82) is 0 Å². The molecule has 0 fully saturated rings. The average molecular weight is 414 g/mol. The molecular formula is C22H24F2N4O2. The van der Waals surface area contributed by atoms with Crippen molar-refractivity contribution in [3.05, 3.63) is 60.7 Å². The molecule has 0 spiro atoms. The summed E-state index contributed by atoms with van der Waals surface area (Å²) >= 11 is 0. The van der Waals surface area contributed by atoms with E-state index >= 15 is 0 Å². The van der Waals surface area contributed by atoms with Crippen molar-refractivity contribution < 1.29 is 18.6 Å². The largest absolute Gasteiger partial charge is 0.435 e. The van der Waals surface area contributed by atoms with Crippen LogP contribution < -0.4 is 15.4 Å². The quantitative estimate of drug-likeness (QED) is 0.461. The van der Waals surface area contributed by atoms with Crippen molar-refractivity contribution in [2.24, 2.45) is 5.92 Å². The average Bonchev–Trinajstić information content (AvgIpc) is 2.73. The molecule has 3 N–H and O–H groups in total. The minimum atomic E-state index is -2.87. The van der Waals surface area contributed by atoms with Crippen LogP contribution in [0.1, 0.15) is 13.8 Å². The summed E-state index contributed by atoms with van der Waals surface area (Å²) in [4.78, 5) is 9.09. The first-order valence-electron chi connectivity index (χ1n) is 9.58. The van der Waals surface area contributed by atoms with Crippen LogP contribution in [-0.2, 0) is 0 Å². The van der Waals surface area contributed by atoms with Crippen LogP contribution in [0.2, 0.25) is 0 Å². The number of anilines is 3. The van der Waals surface area contributed by atoms with Crippen molar-refractivity contribution in [3.63, 3.8) is 0 Å². The summed E-state index contributed by atoms with van der Waals surface area (Å²) in [6.07, 6.45) is 0. The first-order chi connectivity index (χ1) is 14.4. The Morgan fingerprint density at radius 1 is 1.00 bits per heavy atom. The summed E-state index contributed by atoms with van der Waals surface area (Å²) in [6, 6.07) is 17.4. The number of nitrogens with zero attached hydrogens (tertiary/aromatic N) is 2. The van der Waals surface area contributed by atoms with Gasteiger partial charge in [0.1, 0.15) is 11.6 Å². The number of hydrogen-bond donors (Lipinski definition) is 3. The molecule has 30 heavy (non-hydrogen) atoms. The zero-order valence-corrected chi connectivity index (χ0v) is 16.7. The minimum absolute atomic E-state index is 0.0506. The van der Waals surface area contributed by atoms with Crippen molar-refractivity contribution in [3.8, 4) is 17.0 Å². The number of nitrogens with one attached hydrogen (secondary N) is 2. The molecule has 1 atom stereocenters. The van der Waals surface area contributed by atoms with Crippen molar-refractivity contribution in [2.75, 3.05) is 17.2 Å². The van der Waals surface area contributed by atoms with E-state index in [4.69, 9.17) is 0 Å². The number of aliphatic hydroxyl groups is 1. The number of benzene rings is 2. The van der Waals surface area contributed by atoms with E-state index in [0.717, 1.165) is 5.56 Å². The number of alkyl halides is 2.